The first-order valence-corrected chi connectivity index (χ1v) is 16.8. The summed E-state index contributed by atoms with van der Waals surface area (Å²) in [5.41, 5.74) is 4.54. The fraction of sp³-hybridized carbons (Fsp3) is 0.359. The molecule has 1 aliphatic heterocycles. The highest BCUT2D eigenvalue weighted by Gasteiger charge is 2.37. The average molecular weight is 667 g/mol. The number of likely N-dealkylation sites (tertiary alicyclic amines) is 1. The van der Waals surface area contributed by atoms with Crippen LogP contribution in [-0.4, -0.2) is 78.0 Å². The van der Waals surface area contributed by atoms with E-state index in [0.29, 0.717) is 17.8 Å². The number of carboxylic acids is 1. The first-order valence-electron chi connectivity index (χ1n) is 16.8. The Morgan fingerprint density at radius 2 is 1.49 bits per heavy atom. The zero-order chi connectivity index (χ0) is 35.0. The van der Waals surface area contributed by atoms with Gasteiger partial charge in [0.2, 0.25) is 5.91 Å². The summed E-state index contributed by atoms with van der Waals surface area (Å²) in [6.07, 6.45) is 11.1. The fourth-order valence-electron chi connectivity index (χ4n) is 5.32. The van der Waals surface area contributed by atoms with E-state index in [4.69, 9.17) is 14.6 Å². The minimum absolute atomic E-state index is 0.0694. The molecule has 1 atom stereocenters. The number of hydrogen-bond donors (Lipinski definition) is 2. The molecule has 1 aromatic heterocycles. The molecule has 0 bridgehead atoms. The number of carbonyl (C=O) groups excluding carboxylic acids is 2. The fourth-order valence-corrected chi connectivity index (χ4v) is 5.32. The second-order valence-corrected chi connectivity index (χ2v) is 12.0. The molecular formula is C39H46N4O6. The van der Waals surface area contributed by atoms with Crippen molar-refractivity contribution in [2.45, 2.75) is 51.5 Å². The van der Waals surface area contributed by atoms with Crippen LogP contribution in [0.15, 0.2) is 85.2 Å². The van der Waals surface area contributed by atoms with Gasteiger partial charge in [0.15, 0.2) is 5.82 Å². The third-order valence-corrected chi connectivity index (χ3v) is 8.45. The molecule has 5 rings (SSSR count). The molecule has 2 heterocycles. The average Bonchev–Trinajstić information content (AvgIpc) is 3.12. The lowest BCUT2D eigenvalue weighted by atomic mass is 9.97. The van der Waals surface area contributed by atoms with Gasteiger partial charge in [0.25, 0.3) is 0 Å². The number of nitrogens with one attached hydrogen (secondary N) is 1. The highest BCUT2D eigenvalue weighted by atomic mass is 16.5. The molecule has 4 aromatic rings. The van der Waals surface area contributed by atoms with Gasteiger partial charge >= 0.3 is 5.97 Å². The number of hydrogen-bond acceptors (Lipinski definition) is 8. The van der Waals surface area contributed by atoms with Gasteiger partial charge in [-0.3, -0.25) is 14.4 Å². The van der Waals surface area contributed by atoms with Crippen LogP contribution in [0.2, 0.25) is 0 Å². The van der Waals surface area contributed by atoms with E-state index in [1.54, 1.807) is 43.3 Å². The van der Waals surface area contributed by atoms with Gasteiger partial charge in [0.05, 0.1) is 25.7 Å². The Labute approximate surface area is 288 Å². The van der Waals surface area contributed by atoms with Crippen molar-refractivity contribution in [3.05, 3.63) is 96.3 Å². The number of unbranched alkanes of at least 4 members (excludes halogenated alkanes) is 4. The van der Waals surface area contributed by atoms with E-state index in [2.05, 4.69) is 22.2 Å². The van der Waals surface area contributed by atoms with Gasteiger partial charge in [-0.1, -0.05) is 69.0 Å². The number of nitrogens with zero attached hydrogens (tertiary/aromatic N) is 3. The van der Waals surface area contributed by atoms with Crippen molar-refractivity contribution in [3.63, 3.8) is 0 Å². The SMILES string of the molecule is CCCCCCCOc1ccc(-c2cnc(-c3ccc(CC(NC)C(=O)N4CC(C(=O)O)C4)cc3)nc2)cc1.COc1ccc(C=O)cc1. The number of likely N-dealkylation sites (N-methyl/N-ethyl adjacent to an activating group) is 1. The lowest BCUT2D eigenvalue weighted by Gasteiger charge is -2.38. The molecule has 1 amide bonds. The molecule has 0 saturated carbocycles. The normalized spacial score (nSPS) is 13.0. The van der Waals surface area contributed by atoms with Gasteiger partial charge in [-0.2, -0.15) is 0 Å². The molecular weight excluding hydrogens is 620 g/mol. The van der Waals surface area contributed by atoms with Crippen molar-refractivity contribution in [2.24, 2.45) is 5.92 Å². The number of amides is 1. The minimum atomic E-state index is -0.850. The molecule has 49 heavy (non-hydrogen) atoms. The van der Waals surface area contributed by atoms with E-state index in [-0.39, 0.29) is 19.0 Å². The van der Waals surface area contributed by atoms with Crippen LogP contribution in [0.1, 0.15) is 54.9 Å². The monoisotopic (exact) mass is 666 g/mol. The van der Waals surface area contributed by atoms with Crippen LogP contribution in [0.3, 0.4) is 0 Å². The topological polar surface area (TPSA) is 131 Å². The lowest BCUT2D eigenvalue weighted by molar-refractivity contribution is -0.153. The summed E-state index contributed by atoms with van der Waals surface area (Å²) in [7, 11) is 3.34. The zero-order valence-corrected chi connectivity index (χ0v) is 28.5. The summed E-state index contributed by atoms with van der Waals surface area (Å²) in [4.78, 5) is 44.6. The minimum Gasteiger partial charge on any atom is -0.497 e. The van der Waals surface area contributed by atoms with Gasteiger partial charge in [-0.25, -0.2) is 9.97 Å². The standard InChI is InChI=1S/C31H38N4O4.C8H8O2/c1-3-4-5-6-7-16-39-27-14-12-23(13-15-27)25-18-33-29(34-19-25)24-10-8-22(9-11-24)17-28(32-2)30(36)35-20-26(21-35)31(37)38;1-10-8-4-2-7(6-9)3-5-8/h8-15,18-19,26,28,32H,3-7,16-17,20-21H2,1-2H3,(H,37,38);2-6H,1H3. The van der Waals surface area contributed by atoms with Crippen LogP contribution in [0, 0.1) is 5.92 Å². The van der Waals surface area contributed by atoms with E-state index < -0.39 is 17.9 Å². The van der Waals surface area contributed by atoms with Crippen LogP contribution < -0.4 is 14.8 Å². The first-order chi connectivity index (χ1) is 23.8. The van der Waals surface area contributed by atoms with E-state index in [0.717, 1.165) is 53.1 Å². The second-order valence-electron chi connectivity index (χ2n) is 12.0. The molecule has 1 saturated heterocycles. The Morgan fingerprint density at radius 3 is 2.06 bits per heavy atom. The highest BCUT2D eigenvalue weighted by Crippen LogP contribution is 2.24. The number of aldehydes is 1. The quantitative estimate of drug-likeness (QED) is 0.104. The van der Waals surface area contributed by atoms with Crippen LogP contribution in [0.4, 0.5) is 0 Å². The van der Waals surface area contributed by atoms with Gasteiger partial charge in [-0.05, 0) is 67.4 Å². The smallest absolute Gasteiger partial charge is 0.310 e. The van der Waals surface area contributed by atoms with Crippen molar-refractivity contribution in [3.8, 4) is 34.0 Å². The van der Waals surface area contributed by atoms with Crippen LogP contribution in [-0.2, 0) is 16.0 Å². The van der Waals surface area contributed by atoms with Gasteiger partial charge in [0.1, 0.15) is 17.8 Å². The van der Waals surface area contributed by atoms with Gasteiger partial charge < -0.3 is 24.8 Å². The van der Waals surface area contributed by atoms with Crippen molar-refractivity contribution in [2.75, 3.05) is 33.9 Å². The second kappa shape index (κ2) is 19.0. The maximum atomic E-state index is 12.7. The van der Waals surface area contributed by atoms with Crippen LogP contribution >= 0.6 is 0 Å². The number of aromatic nitrogens is 2. The predicted molar refractivity (Wildman–Crippen MR) is 190 cm³/mol. The number of methoxy groups -OCH3 is 1. The van der Waals surface area contributed by atoms with E-state index in [1.165, 1.54) is 25.7 Å². The molecule has 0 aliphatic carbocycles. The first kappa shape index (κ1) is 36.7. The Morgan fingerprint density at radius 1 is 0.878 bits per heavy atom. The maximum absolute atomic E-state index is 12.7. The lowest BCUT2D eigenvalue weighted by Crippen LogP contribution is -2.58. The molecule has 10 heteroatoms. The van der Waals surface area contributed by atoms with Gasteiger partial charge in [0, 0.05) is 42.2 Å². The molecule has 0 spiro atoms. The summed E-state index contributed by atoms with van der Waals surface area (Å²) in [5.74, 6) is 0.904. The molecule has 0 radical (unpaired) electrons. The summed E-state index contributed by atoms with van der Waals surface area (Å²) in [6.45, 7) is 3.51. The Hall–Kier alpha value is -5.09. The predicted octanol–water partition coefficient (Wildman–Crippen LogP) is 6.34. The van der Waals surface area contributed by atoms with Gasteiger partial charge in [-0.15, -0.1) is 0 Å². The van der Waals surface area contributed by atoms with Crippen LogP contribution in [0.25, 0.3) is 22.5 Å². The molecule has 1 unspecified atom stereocenters. The summed E-state index contributed by atoms with van der Waals surface area (Å²) in [5, 5.41) is 12.1. The van der Waals surface area contributed by atoms with E-state index in [9.17, 15) is 14.4 Å². The molecule has 1 fully saturated rings. The number of ether oxygens (including phenoxy) is 2. The summed E-state index contributed by atoms with van der Waals surface area (Å²) < 4.78 is 10.8. The number of rotatable bonds is 16. The number of benzene rings is 3. The Bertz CT molecular complexity index is 1600. The summed E-state index contributed by atoms with van der Waals surface area (Å²) >= 11 is 0. The highest BCUT2D eigenvalue weighted by molar-refractivity contribution is 5.85. The van der Waals surface area contributed by atoms with Crippen molar-refractivity contribution in [1.82, 2.24) is 20.2 Å². The Kier molecular flexibility index (Phi) is 14.3. The van der Waals surface area contributed by atoms with Crippen molar-refractivity contribution >= 4 is 18.2 Å². The van der Waals surface area contributed by atoms with Crippen LogP contribution in [0.5, 0.6) is 11.5 Å². The number of aliphatic carboxylic acids is 1. The zero-order valence-electron chi connectivity index (χ0n) is 28.5. The largest absolute Gasteiger partial charge is 0.497 e. The maximum Gasteiger partial charge on any atom is 0.310 e. The molecule has 2 N–H and O–H groups in total. The number of carboxylic acid groups (broad SMARTS) is 1. The third-order valence-electron chi connectivity index (χ3n) is 8.45. The molecule has 258 valence electrons. The Balaban J connectivity index is 0.000000463. The van der Waals surface area contributed by atoms with E-state index in [1.807, 2.05) is 60.9 Å². The molecule has 10 nitrogen and oxygen atoms in total. The van der Waals surface area contributed by atoms with Crippen molar-refractivity contribution in [1.29, 1.82) is 0 Å². The number of carbonyl (C=O) groups is 3. The van der Waals surface area contributed by atoms with E-state index >= 15 is 0 Å². The van der Waals surface area contributed by atoms with Crippen molar-refractivity contribution < 1.29 is 29.0 Å². The third kappa shape index (κ3) is 11.0. The summed E-state index contributed by atoms with van der Waals surface area (Å²) in [6, 6.07) is 22.4. The molecule has 3 aromatic carbocycles. The molecule has 1 aliphatic rings.